The van der Waals surface area contributed by atoms with Crippen molar-refractivity contribution in [1.82, 2.24) is 0 Å². The first-order chi connectivity index (χ1) is 12.0. The van der Waals surface area contributed by atoms with Crippen LogP contribution in [0.3, 0.4) is 0 Å². The van der Waals surface area contributed by atoms with Crippen molar-refractivity contribution in [3.63, 3.8) is 0 Å². The van der Waals surface area contributed by atoms with Crippen LogP contribution in [-0.4, -0.2) is 111 Å². The van der Waals surface area contributed by atoms with E-state index in [0.29, 0.717) is 6.08 Å². The summed E-state index contributed by atoms with van der Waals surface area (Å²) in [6.07, 6.45) is -2.72. The Hall–Kier alpha value is -1.19. The van der Waals surface area contributed by atoms with E-state index < -0.39 is 62.6 Å². The van der Waals surface area contributed by atoms with Crippen LogP contribution in [0.1, 0.15) is 0 Å². The summed E-state index contributed by atoms with van der Waals surface area (Å²) in [5.74, 6) is -1.12. The van der Waals surface area contributed by atoms with Gasteiger partial charge in [0.25, 0.3) is 0 Å². The molecule has 0 aromatic heterocycles. The molecule has 0 saturated carbocycles. The third kappa shape index (κ3) is 10.7. The van der Waals surface area contributed by atoms with Gasteiger partial charge in [0.15, 0.2) is 0 Å². The Morgan fingerprint density at radius 3 is 1.23 bits per heavy atom. The molecule has 0 unspecified atom stereocenters. The van der Waals surface area contributed by atoms with Crippen LogP contribution >= 0.6 is 0 Å². The number of aliphatic hydroxyl groups excluding tert-OH is 6. The summed E-state index contributed by atoms with van der Waals surface area (Å²) in [6, 6.07) is 0. The maximum absolute atomic E-state index is 10.0. The monoisotopic (exact) mass is 388 g/mol. The molecular weight excluding hydrogens is 360 g/mol. The van der Waals surface area contributed by atoms with Crippen molar-refractivity contribution in [2.24, 2.45) is 10.8 Å². The third-order valence-electron chi connectivity index (χ3n) is 3.23. The second kappa shape index (κ2) is 13.1. The first-order valence-corrected chi connectivity index (χ1v) is 7.28. The molecule has 0 atom stereocenters. The average molecular weight is 388 g/mol. The SMILES string of the molecule is C=CC(=O)OC(O)(O)O.OCC(CO)(CO)COCC(CO)(CO)CO. The molecule has 0 fully saturated rings. The summed E-state index contributed by atoms with van der Waals surface area (Å²) in [7, 11) is 0. The average Bonchev–Trinajstić information content (AvgIpc) is 2.62. The molecule has 156 valence electrons. The van der Waals surface area contributed by atoms with Gasteiger partial charge in [0.2, 0.25) is 0 Å². The molecule has 0 aliphatic carbocycles. The number of hydrogen-bond donors (Lipinski definition) is 9. The van der Waals surface area contributed by atoms with E-state index >= 15 is 0 Å². The minimum absolute atomic E-state index is 0.141. The second-order valence-electron chi connectivity index (χ2n) is 5.64. The molecule has 12 heteroatoms. The molecule has 0 aromatic rings. The first kappa shape index (κ1) is 27.0. The lowest BCUT2D eigenvalue weighted by molar-refractivity contribution is -0.434. The summed E-state index contributed by atoms with van der Waals surface area (Å²) in [6.45, 7) is -0.0683. The minimum atomic E-state index is -3.40. The highest BCUT2D eigenvalue weighted by Gasteiger charge is 2.32. The number of carbonyl (C=O) groups is 1. The maximum Gasteiger partial charge on any atom is 0.455 e. The lowest BCUT2D eigenvalue weighted by Gasteiger charge is -2.31. The van der Waals surface area contributed by atoms with Gasteiger partial charge in [-0.2, -0.15) is 0 Å². The molecule has 12 nitrogen and oxygen atoms in total. The number of rotatable bonds is 12. The molecule has 0 heterocycles. The van der Waals surface area contributed by atoms with Crippen LogP contribution in [-0.2, 0) is 14.3 Å². The molecule has 0 aromatic carbocycles. The van der Waals surface area contributed by atoms with Gasteiger partial charge in [0, 0.05) is 6.08 Å². The van der Waals surface area contributed by atoms with Crippen LogP contribution in [0.15, 0.2) is 12.7 Å². The largest absolute Gasteiger partial charge is 0.455 e. The van der Waals surface area contributed by atoms with Crippen LogP contribution in [0, 0.1) is 10.8 Å². The minimum Gasteiger partial charge on any atom is -0.396 e. The van der Waals surface area contributed by atoms with Crippen LogP contribution < -0.4 is 0 Å². The van der Waals surface area contributed by atoms with E-state index in [1.54, 1.807) is 0 Å². The number of ether oxygens (including phenoxy) is 2. The van der Waals surface area contributed by atoms with Crippen molar-refractivity contribution in [1.29, 1.82) is 0 Å². The first-order valence-electron chi connectivity index (χ1n) is 7.28. The van der Waals surface area contributed by atoms with Crippen molar-refractivity contribution in [2.45, 2.75) is 6.16 Å². The zero-order valence-electron chi connectivity index (χ0n) is 14.2. The van der Waals surface area contributed by atoms with Crippen molar-refractivity contribution in [2.75, 3.05) is 52.9 Å². The Kier molecular flexibility index (Phi) is 13.6. The second-order valence-corrected chi connectivity index (χ2v) is 5.64. The van der Waals surface area contributed by atoms with Gasteiger partial charge in [-0.05, 0) is 0 Å². The lowest BCUT2D eigenvalue weighted by atomic mass is 9.91. The normalized spacial score (nSPS) is 12.2. The zero-order chi connectivity index (χ0) is 20.9. The Balaban J connectivity index is 0. The molecule has 0 bridgehead atoms. The highest BCUT2D eigenvalue weighted by molar-refractivity contribution is 5.81. The number of carbonyl (C=O) groups excluding carboxylic acids is 1. The van der Waals surface area contributed by atoms with E-state index in [0.717, 1.165) is 0 Å². The predicted molar refractivity (Wildman–Crippen MR) is 83.9 cm³/mol. The van der Waals surface area contributed by atoms with Gasteiger partial charge in [-0.25, -0.2) is 4.79 Å². The van der Waals surface area contributed by atoms with Crippen molar-refractivity contribution >= 4 is 5.97 Å². The maximum atomic E-state index is 10.0. The highest BCUT2D eigenvalue weighted by Crippen LogP contribution is 2.19. The third-order valence-corrected chi connectivity index (χ3v) is 3.23. The summed E-state index contributed by atoms with van der Waals surface area (Å²) in [5.41, 5.74) is -2.32. The van der Waals surface area contributed by atoms with Gasteiger partial charge >= 0.3 is 12.1 Å². The fraction of sp³-hybridized carbons (Fsp3) is 0.786. The fourth-order valence-electron chi connectivity index (χ4n) is 1.23. The van der Waals surface area contributed by atoms with Gasteiger partial charge in [0.1, 0.15) is 0 Å². The molecule has 0 radical (unpaired) electrons. The summed E-state index contributed by atoms with van der Waals surface area (Å²) in [4.78, 5) is 10.0. The molecular formula is C14H28O12. The molecule has 0 saturated heterocycles. The summed E-state index contributed by atoms with van der Waals surface area (Å²) < 4.78 is 8.65. The molecule has 0 aliphatic heterocycles. The van der Waals surface area contributed by atoms with E-state index in [1.165, 1.54) is 0 Å². The van der Waals surface area contributed by atoms with E-state index in [2.05, 4.69) is 11.3 Å². The van der Waals surface area contributed by atoms with E-state index in [-0.39, 0.29) is 13.2 Å². The quantitative estimate of drug-likeness (QED) is 0.0874. The number of esters is 1. The van der Waals surface area contributed by atoms with E-state index in [9.17, 15) is 4.79 Å². The Labute approximate surface area is 149 Å². The Bertz CT molecular complexity index is 347. The number of hydrogen-bond acceptors (Lipinski definition) is 12. The van der Waals surface area contributed by atoms with Gasteiger partial charge in [0.05, 0.1) is 63.7 Å². The Morgan fingerprint density at radius 1 is 0.769 bits per heavy atom. The molecule has 26 heavy (non-hydrogen) atoms. The Morgan fingerprint density at radius 2 is 1.08 bits per heavy atom. The molecule has 0 rings (SSSR count). The molecule has 0 amide bonds. The topological polar surface area (TPSA) is 218 Å². The summed E-state index contributed by atoms with van der Waals surface area (Å²) in [5, 5.41) is 78.0. The molecule has 0 spiro atoms. The smallest absolute Gasteiger partial charge is 0.396 e. The number of aliphatic hydroxyl groups is 9. The summed E-state index contributed by atoms with van der Waals surface area (Å²) >= 11 is 0. The van der Waals surface area contributed by atoms with Gasteiger partial charge in [-0.3, -0.25) is 0 Å². The van der Waals surface area contributed by atoms with E-state index in [1.807, 2.05) is 0 Å². The predicted octanol–water partition coefficient (Wildman–Crippen LogP) is -4.77. The van der Waals surface area contributed by atoms with Crippen molar-refractivity contribution in [3.8, 4) is 0 Å². The van der Waals surface area contributed by atoms with Gasteiger partial charge < -0.3 is 55.4 Å². The molecule has 0 aliphatic rings. The lowest BCUT2D eigenvalue weighted by Crippen LogP contribution is -2.43. The molecule has 9 N–H and O–H groups in total. The van der Waals surface area contributed by atoms with Crippen LogP contribution in [0.2, 0.25) is 0 Å². The highest BCUT2D eigenvalue weighted by atomic mass is 16.9. The zero-order valence-corrected chi connectivity index (χ0v) is 14.2. The van der Waals surface area contributed by atoms with Crippen LogP contribution in [0.25, 0.3) is 0 Å². The van der Waals surface area contributed by atoms with Crippen molar-refractivity contribution in [3.05, 3.63) is 12.7 Å². The van der Waals surface area contributed by atoms with Crippen molar-refractivity contribution < 1.29 is 60.2 Å². The van der Waals surface area contributed by atoms with Gasteiger partial charge in [-0.15, -0.1) is 0 Å². The fourth-order valence-corrected chi connectivity index (χ4v) is 1.23. The van der Waals surface area contributed by atoms with Crippen LogP contribution in [0.4, 0.5) is 0 Å². The van der Waals surface area contributed by atoms with Crippen LogP contribution in [0.5, 0.6) is 0 Å². The van der Waals surface area contributed by atoms with E-state index in [4.69, 9.17) is 50.7 Å². The standard InChI is InChI=1S/C10H22O7.C4H6O5/c11-1-9(2-12,3-13)7-17-8-10(4-14,5-15)6-16;1-2-3(5)9-4(6,7)8/h11-16H,1-8H2;2,6-8H,1H2. The van der Waals surface area contributed by atoms with Gasteiger partial charge in [-0.1, -0.05) is 6.58 Å².